The van der Waals surface area contributed by atoms with Gasteiger partial charge in [-0.05, 0) is 76.3 Å². The van der Waals surface area contributed by atoms with Crippen LogP contribution in [0.1, 0.15) is 11.1 Å². The maximum absolute atomic E-state index is 12.7. The Kier molecular flexibility index (Phi) is 10.2. The third-order valence-electron chi connectivity index (χ3n) is 5.47. The zero-order chi connectivity index (χ0) is 31.7. The van der Waals surface area contributed by atoms with Gasteiger partial charge in [-0.1, -0.05) is 24.3 Å². The number of sulfonamides is 3. The van der Waals surface area contributed by atoms with E-state index in [-0.39, 0.29) is 33.2 Å². The first-order chi connectivity index (χ1) is 20.3. The van der Waals surface area contributed by atoms with E-state index in [1.807, 2.05) is 0 Å². The molecule has 3 rings (SSSR count). The predicted molar refractivity (Wildman–Crippen MR) is 150 cm³/mol. The first-order valence-electron chi connectivity index (χ1n) is 11.5. The molecule has 0 spiro atoms. The minimum absolute atomic E-state index is 0.0530. The van der Waals surface area contributed by atoms with E-state index < -0.39 is 42.3 Å². The summed E-state index contributed by atoms with van der Waals surface area (Å²) in [6.07, 6.45) is -1.74. The summed E-state index contributed by atoms with van der Waals surface area (Å²) in [6.45, 7) is 0. The molecule has 222 valence electrons. The quantitative estimate of drug-likeness (QED) is 0.157. The summed E-state index contributed by atoms with van der Waals surface area (Å²) in [5, 5.41) is 2.43. The first kappa shape index (κ1) is 32.2. The number of ether oxygens (including phenoxy) is 1. The summed E-state index contributed by atoms with van der Waals surface area (Å²) < 4.78 is 85.3. The summed E-state index contributed by atoms with van der Waals surface area (Å²) in [5.74, 6) is 0. The number of amides is 1. The van der Waals surface area contributed by atoms with Crippen LogP contribution < -0.4 is 5.32 Å². The Bertz CT molecular complexity index is 1890. The van der Waals surface area contributed by atoms with Crippen molar-refractivity contribution >= 4 is 41.9 Å². The zero-order valence-electron chi connectivity index (χ0n) is 21.4. The largest absolute Gasteiger partial charge is 0.445 e. The molecule has 21 heteroatoms. The third kappa shape index (κ3) is 8.85. The van der Waals surface area contributed by atoms with Gasteiger partial charge in [0.15, 0.2) is 0 Å². The minimum Gasteiger partial charge on any atom is -0.445 e. The lowest BCUT2D eigenvalue weighted by atomic mass is 10.0. The summed E-state index contributed by atoms with van der Waals surface area (Å²) in [5.41, 5.74) is 26.5. The fraction of sp³-hybridized carbons (Fsp3) is 0.136. The Labute approximate surface area is 244 Å². The number of nitrogens with one attached hydrogen (secondary N) is 1. The van der Waals surface area contributed by atoms with E-state index in [1.165, 1.54) is 60.7 Å². The average Bonchev–Trinajstić information content (AvgIpc) is 2.94. The van der Waals surface area contributed by atoms with Gasteiger partial charge in [0.05, 0.1) is 14.7 Å². The number of rotatable bonds is 12. The monoisotopic (exact) mass is 646 g/mol. The number of hydrogen-bond acceptors (Lipinski definition) is 8. The Morgan fingerprint density at radius 3 is 1.28 bits per heavy atom. The van der Waals surface area contributed by atoms with Crippen molar-refractivity contribution in [2.75, 3.05) is 5.32 Å². The minimum atomic E-state index is -4.23. The molecule has 0 fully saturated rings. The van der Waals surface area contributed by atoms with Crippen molar-refractivity contribution in [1.29, 1.82) is 0 Å². The number of carbonyl (C=O) groups excluding carboxylic acids is 1. The summed E-state index contributed by atoms with van der Waals surface area (Å²) in [4.78, 5) is 18.7. The molecule has 0 bridgehead atoms. The van der Waals surface area contributed by atoms with Crippen molar-refractivity contribution in [2.24, 2.45) is 13.6 Å². The molecule has 18 nitrogen and oxygen atoms in total. The van der Waals surface area contributed by atoms with Crippen LogP contribution in [0.4, 0.5) is 10.5 Å². The van der Waals surface area contributed by atoms with Crippen molar-refractivity contribution in [1.82, 2.24) is 0 Å². The lowest BCUT2D eigenvalue weighted by Crippen LogP contribution is -2.26. The second-order valence-electron chi connectivity index (χ2n) is 8.31. The molecule has 0 aliphatic carbocycles. The summed E-state index contributed by atoms with van der Waals surface area (Å²) in [6, 6.07) is 15.2. The summed E-state index contributed by atoms with van der Waals surface area (Å²) in [7, 11) is -12.7. The highest BCUT2D eigenvalue weighted by Crippen LogP contribution is 2.21. The van der Waals surface area contributed by atoms with Gasteiger partial charge in [-0.3, -0.25) is 5.32 Å². The SMILES string of the molecule is [N-]=[N+]=NS(=O)(=O)c1ccc(CC(Cc2ccc(S(=O)(=O)N=[N+]=[N-])cc2)OC(=O)Nc2ccc(S(=O)(=O)N=[N+]=[N-])cc2)cc1. The molecule has 0 saturated heterocycles. The Morgan fingerprint density at radius 1 is 0.628 bits per heavy atom. The van der Waals surface area contributed by atoms with Crippen LogP contribution in [0.15, 0.2) is 101 Å². The molecule has 0 heterocycles. The lowest BCUT2D eigenvalue weighted by Gasteiger charge is -2.19. The highest BCUT2D eigenvalue weighted by molar-refractivity contribution is 7.90. The normalized spacial score (nSPS) is 12.0. The van der Waals surface area contributed by atoms with Gasteiger partial charge in [0.2, 0.25) is 0 Å². The smallest absolute Gasteiger partial charge is 0.411 e. The van der Waals surface area contributed by atoms with Crippen LogP contribution in [0.25, 0.3) is 31.3 Å². The molecular weight excluding hydrogens is 629 g/mol. The second kappa shape index (κ2) is 13.6. The molecular formula is C22H18N10O8S3. The maximum Gasteiger partial charge on any atom is 0.411 e. The van der Waals surface area contributed by atoms with E-state index in [2.05, 4.69) is 33.6 Å². The number of benzene rings is 3. The van der Waals surface area contributed by atoms with Gasteiger partial charge in [-0.25, -0.2) is 30.0 Å². The highest BCUT2D eigenvalue weighted by atomic mass is 32.2. The lowest BCUT2D eigenvalue weighted by molar-refractivity contribution is 0.110. The van der Waals surface area contributed by atoms with E-state index in [9.17, 15) is 30.0 Å². The van der Waals surface area contributed by atoms with Gasteiger partial charge in [-0.15, -0.1) is 0 Å². The van der Waals surface area contributed by atoms with Crippen LogP contribution in [-0.2, 0) is 47.6 Å². The van der Waals surface area contributed by atoms with E-state index in [1.54, 1.807) is 0 Å². The van der Waals surface area contributed by atoms with Crippen LogP contribution in [0.2, 0.25) is 0 Å². The number of hydrogen-bond donors (Lipinski definition) is 1. The Balaban J connectivity index is 1.83. The molecule has 0 aliphatic rings. The molecule has 0 radical (unpaired) electrons. The molecule has 0 aromatic heterocycles. The molecule has 43 heavy (non-hydrogen) atoms. The Hall–Kier alpha value is -5.29. The van der Waals surface area contributed by atoms with Gasteiger partial charge in [0.1, 0.15) is 6.10 Å². The number of nitrogens with zero attached hydrogens (tertiary/aromatic N) is 9. The Morgan fingerprint density at radius 2 is 0.953 bits per heavy atom. The van der Waals surface area contributed by atoms with E-state index >= 15 is 0 Å². The molecule has 0 saturated carbocycles. The topological polar surface area (TPSA) is 287 Å². The molecule has 0 aliphatic heterocycles. The molecule has 1 amide bonds. The van der Waals surface area contributed by atoms with Crippen LogP contribution in [0, 0.1) is 0 Å². The second-order valence-corrected chi connectivity index (χ2v) is 13.1. The number of azide groups is 3. The van der Waals surface area contributed by atoms with Crippen LogP contribution >= 0.6 is 0 Å². The predicted octanol–water partition coefficient (Wildman–Crippen LogP) is 5.09. The molecule has 0 atom stereocenters. The van der Waals surface area contributed by atoms with Crippen molar-refractivity contribution in [3.05, 3.63) is 115 Å². The third-order valence-corrected chi connectivity index (χ3v) is 8.94. The van der Waals surface area contributed by atoms with Crippen LogP contribution in [0.3, 0.4) is 0 Å². The van der Waals surface area contributed by atoms with Gasteiger partial charge in [-0.2, -0.15) is 0 Å². The van der Waals surface area contributed by atoms with Crippen LogP contribution in [0.5, 0.6) is 0 Å². The van der Waals surface area contributed by atoms with Crippen molar-refractivity contribution in [3.8, 4) is 0 Å². The van der Waals surface area contributed by atoms with E-state index in [0.29, 0.717) is 11.1 Å². The summed E-state index contributed by atoms with van der Waals surface area (Å²) >= 11 is 0. The fourth-order valence-electron chi connectivity index (χ4n) is 3.57. The highest BCUT2D eigenvalue weighted by Gasteiger charge is 2.20. The van der Waals surface area contributed by atoms with Crippen molar-refractivity contribution in [2.45, 2.75) is 33.6 Å². The van der Waals surface area contributed by atoms with Gasteiger partial charge < -0.3 is 4.74 Å². The fourth-order valence-corrected chi connectivity index (χ4v) is 5.58. The maximum atomic E-state index is 12.7. The molecule has 3 aromatic rings. The standard InChI is InChI=1S/C22H18N10O8S3/c23-27-30-41(34,35)19-7-1-15(2-8-19)13-18(14-16-3-9-20(10-4-16)42(36,37)31-28-24)40-22(33)26-17-5-11-21(12-6-17)43(38,39)32-29-25/h1-12,18H,13-14H2,(H,26,33). The zero-order valence-corrected chi connectivity index (χ0v) is 23.9. The van der Waals surface area contributed by atoms with Gasteiger partial charge in [0, 0.05) is 46.8 Å². The van der Waals surface area contributed by atoms with Gasteiger partial charge in [0.25, 0.3) is 30.1 Å². The van der Waals surface area contributed by atoms with E-state index in [0.717, 1.165) is 12.1 Å². The number of anilines is 1. The van der Waals surface area contributed by atoms with E-state index in [4.69, 9.17) is 21.3 Å². The number of carbonyl (C=O) groups is 1. The average molecular weight is 647 g/mol. The van der Waals surface area contributed by atoms with Crippen molar-refractivity contribution < 1.29 is 34.8 Å². The first-order valence-corrected chi connectivity index (χ1v) is 15.8. The molecule has 0 unspecified atom stereocenters. The van der Waals surface area contributed by atoms with Gasteiger partial charge >= 0.3 is 6.09 Å². The molecule has 1 N–H and O–H groups in total. The van der Waals surface area contributed by atoms with Crippen molar-refractivity contribution in [3.63, 3.8) is 0 Å². The molecule has 3 aromatic carbocycles. The van der Waals surface area contributed by atoms with Crippen LogP contribution in [-0.4, -0.2) is 37.5 Å².